The van der Waals surface area contributed by atoms with E-state index in [1.54, 1.807) is 10.6 Å². The van der Waals surface area contributed by atoms with Crippen LogP contribution in [0, 0.1) is 19.8 Å². The number of rotatable bonds is 7. The van der Waals surface area contributed by atoms with E-state index in [0.29, 0.717) is 28.3 Å². The lowest BCUT2D eigenvalue weighted by atomic mass is 9.89. The van der Waals surface area contributed by atoms with Crippen molar-refractivity contribution in [2.75, 3.05) is 44.2 Å². The van der Waals surface area contributed by atoms with Crippen molar-refractivity contribution in [2.24, 2.45) is 5.92 Å². The lowest BCUT2D eigenvalue weighted by Crippen LogP contribution is -2.49. The largest absolute Gasteiger partial charge is 0.369 e. The number of nitrogens with one attached hydrogen (secondary N) is 2. The van der Waals surface area contributed by atoms with E-state index in [1.807, 2.05) is 44.2 Å². The average Bonchev–Trinajstić information content (AvgIpc) is 3.40. The van der Waals surface area contributed by atoms with Gasteiger partial charge in [-0.25, -0.2) is 13.9 Å². The first-order valence-corrected chi connectivity index (χ1v) is 15.7. The summed E-state index contributed by atoms with van der Waals surface area (Å²) in [5, 5.41) is 11.1. The number of amides is 1. The van der Waals surface area contributed by atoms with Crippen LogP contribution in [0.4, 0.5) is 5.69 Å². The number of benzene rings is 2. The number of anilines is 1. The molecule has 6 rings (SSSR count). The molecule has 2 fully saturated rings. The summed E-state index contributed by atoms with van der Waals surface area (Å²) >= 11 is 0. The van der Waals surface area contributed by atoms with Crippen LogP contribution in [0.5, 0.6) is 0 Å². The third-order valence-electron chi connectivity index (χ3n) is 8.44. The molecule has 1 unspecified atom stereocenters. The lowest BCUT2D eigenvalue weighted by Gasteiger charge is -2.36. The highest BCUT2D eigenvalue weighted by Crippen LogP contribution is 2.26. The molecule has 2 aliphatic rings. The molecule has 1 atom stereocenters. The van der Waals surface area contributed by atoms with Crippen molar-refractivity contribution < 1.29 is 9.00 Å². The van der Waals surface area contributed by atoms with E-state index in [0.717, 1.165) is 49.5 Å². The summed E-state index contributed by atoms with van der Waals surface area (Å²) in [6.07, 6.45) is 6.33. The first-order valence-electron chi connectivity index (χ1n) is 14.5. The fraction of sp³-hybridized carbons (Fsp3) is 0.467. The Balaban J connectivity index is 1.16. The maximum absolute atomic E-state index is 13.5. The molecule has 3 heterocycles. The second-order valence-electron chi connectivity index (χ2n) is 11.4. The summed E-state index contributed by atoms with van der Waals surface area (Å²) < 4.78 is 15.1. The van der Waals surface area contributed by atoms with Gasteiger partial charge in [0.25, 0.3) is 5.56 Å². The highest BCUT2D eigenvalue weighted by molar-refractivity contribution is 7.85. The van der Waals surface area contributed by atoms with Crippen molar-refractivity contribution in [3.05, 3.63) is 57.9 Å². The van der Waals surface area contributed by atoms with Crippen LogP contribution in [0.15, 0.2) is 51.1 Å². The molecule has 4 aromatic rings. The second kappa shape index (κ2) is 11.7. The first kappa shape index (κ1) is 27.6. The van der Waals surface area contributed by atoms with Gasteiger partial charge in [0, 0.05) is 43.3 Å². The lowest BCUT2D eigenvalue weighted by molar-refractivity contribution is -0.122. The molecule has 10 nitrogen and oxygen atoms in total. The molecule has 0 radical (unpaired) electrons. The molecule has 2 aromatic heterocycles. The summed E-state index contributed by atoms with van der Waals surface area (Å²) in [5.74, 6) is 0.738. The van der Waals surface area contributed by atoms with Gasteiger partial charge in [-0.3, -0.25) is 14.5 Å². The van der Waals surface area contributed by atoms with Crippen LogP contribution in [0.25, 0.3) is 16.6 Å². The Labute approximate surface area is 241 Å². The predicted octanol–water partition coefficient (Wildman–Crippen LogP) is 3.17. The molecular weight excluding hydrogens is 538 g/mol. The van der Waals surface area contributed by atoms with Gasteiger partial charge in [0.1, 0.15) is 10.8 Å². The van der Waals surface area contributed by atoms with Crippen LogP contribution in [-0.2, 0) is 15.6 Å². The zero-order valence-electron chi connectivity index (χ0n) is 23.7. The number of hydrogen-bond donors (Lipinski definition) is 2. The van der Waals surface area contributed by atoms with Gasteiger partial charge in [-0.1, -0.05) is 37.0 Å². The van der Waals surface area contributed by atoms with Gasteiger partial charge in [0.05, 0.1) is 17.4 Å². The molecule has 1 aliphatic heterocycles. The van der Waals surface area contributed by atoms with Crippen molar-refractivity contribution in [1.29, 1.82) is 0 Å². The topological polar surface area (TPSA) is 116 Å². The molecule has 216 valence electrons. The van der Waals surface area contributed by atoms with Gasteiger partial charge in [0.15, 0.2) is 10.7 Å². The van der Waals surface area contributed by atoms with Crippen LogP contribution in [0.2, 0.25) is 0 Å². The van der Waals surface area contributed by atoms with Gasteiger partial charge >= 0.3 is 0 Å². The first-order chi connectivity index (χ1) is 19.9. The van der Waals surface area contributed by atoms with Crippen molar-refractivity contribution in [3.8, 4) is 0 Å². The van der Waals surface area contributed by atoms with Crippen LogP contribution in [-0.4, -0.2) is 74.1 Å². The molecule has 11 heteroatoms. The zero-order valence-corrected chi connectivity index (χ0v) is 24.5. The number of H-pyrrole nitrogens is 1. The Morgan fingerprint density at radius 1 is 1.05 bits per heavy atom. The van der Waals surface area contributed by atoms with Crippen molar-refractivity contribution >= 4 is 38.9 Å². The minimum absolute atomic E-state index is 0.109. The maximum atomic E-state index is 13.5. The normalized spacial score (nSPS) is 17.8. The number of piperazine rings is 1. The molecule has 0 bridgehead atoms. The van der Waals surface area contributed by atoms with Gasteiger partial charge in [0.2, 0.25) is 5.91 Å². The minimum atomic E-state index is -1.60. The summed E-state index contributed by atoms with van der Waals surface area (Å²) in [6, 6.07) is 11.4. The van der Waals surface area contributed by atoms with Crippen LogP contribution >= 0.6 is 0 Å². The number of hydrogen-bond acceptors (Lipinski definition) is 7. The van der Waals surface area contributed by atoms with Gasteiger partial charge in [-0.15, -0.1) is 5.10 Å². The van der Waals surface area contributed by atoms with Crippen molar-refractivity contribution in [1.82, 2.24) is 30.0 Å². The summed E-state index contributed by atoms with van der Waals surface area (Å²) in [5.41, 5.74) is 3.48. The number of carbonyl (C=O) groups excluding carboxylic acids is 1. The maximum Gasteiger partial charge on any atom is 0.281 e. The van der Waals surface area contributed by atoms with Crippen LogP contribution < -0.4 is 15.8 Å². The number of aromatic nitrogens is 4. The summed E-state index contributed by atoms with van der Waals surface area (Å²) in [6.45, 7) is 8.24. The predicted molar refractivity (Wildman–Crippen MR) is 160 cm³/mol. The SMILES string of the molecule is Cc1ccc(S(=O)c2n[nH]n3c2nc(=O)c2ccc(N4CCN(CC(=O)NCC5CCCCC5)CC4)cc23)c(C)c1. The monoisotopic (exact) mass is 575 g/mol. The highest BCUT2D eigenvalue weighted by atomic mass is 32.2. The average molecular weight is 576 g/mol. The molecule has 1 saturated heterocycles. The van der Waals surface area contributed by atoms with E-state index in [2.05, 4.69) is 30.4 Å². The van der Waals surface area contributed by atoms with Crippen LogP contribution in [0.1, 0.15) is 43.2 Å². The molecule has 1 saturated carbocycles. The number of carbonyl (C=O) groups is 1. The molecule has 1 aliphatic carbocycles. The third-order valence-corrected chi connectivity index (χ3v) is 9.92. The van der Waals surface area contributed by atoms with E-state index in [9.17, 15) is 13.8 Å². The molecule has 1 amide bonds. The van der Waals surface area contributed by atoms with E-state index in [4.69, 9.17) is 0 Å². The quantitative estimate of drug-likeness (QED) is 0.348. The number of nitrogens with zero attached hydrogens (tertiary/aromatic N) is 5. The van der Waals surface area contributed by atoms with Crippen molar-refractivity contribution in [3.63, 3.8) is 0 Å². The van der Waals surface area contributed by atoms with E-state index < -0.39 is 10.8 Å². The number of fused-ring (bicyclic) bond motifs is 3. The summed E-state index contributed by atoms with van der Waals surface area (Å²) in [7, 11) is -1.60. The Hall–Kier alpha value is -3.57. The van der Waals surface area contributed by atoms with Crippen LogP contribution in [0.3, 0.4) is 0 Å². The fourth-order valence-electron chi connectivity index (χ4n) is 6.10. The van der Waals surface area contributed by atoms with Crippen molar-refractivity contribution in [2.45, 2.75) is 55.9 Å². The smallest absolute Gasteiger partial charge is 0.281 e. The number of aryl methyl sites for hydroxylation is 2. The van der Waals surface area contributed by atoms with E-state index in [1.165, 1.54) is 32.1 Å². The second-order valence-corrected chi connectivity index (χ2v) is 12.8. The Morgan fingerprint density at radius 2 is 1.83 bits per heavy atom. The van der Waals surface area contributed by atoms with Gasteiger partial charge < -0.3 is 10.2 Å². The van der Waals surface area contributed by atoms with E-state index in [-0.39, 0.29) is 22.1 Å². The summed E-state index contributed by atoms with van der Waals surface area (Å²) in [4.78, 5) is 34.9. The number of aromatic amines is 1. The highest BCUT2D eigenvalue weighted by Gasteiger charge is 2.23. The molecule has 41 heavy (non-hydrogen) atoms. The minimum Gasteiger partial charge on any atom is -0.369 e. The molecule has 2 aromatic carbocycles. The Kier molecular flexibility index (Phi) is 7.90. The molecule has 0 spiro atoms. The standard InChI is InChI=1S/C30H37N7O3S/c1-20-8-11-26(21(2)16-20)41(40)30-28-32-29(39)24-10-9-23(17-25(24)37(28)34-33-30)36-14-12-35(13-15-36)19-27(38)31-18-22-6-4-3-5-7-22/h8-11,16-17,22,34H,3-7,12-15,18-19H2,1-2H3,(H,31,38). The zero-order chi connectivity index (χ0) is 28.5. The third kappa shape index (κ3) is 5.78. The fourth-order valence-corrected chi connectivity index (χ4v) is 7.28. The Morgan fingerprint density at radius 3 is 2.59 bits per heavy atom. The van der Waals surface area contributed by atoms with E-state index >= 15 is 0 Å². The molecular formula is C30H37N7O3S. The van der Waals surface area contributed by atoms with Gasteiger partial charge in [-0.05, 0) is 62.4 Å². The molecule has 2 N–H and O–H groups in total. The Bertz CT molecular complexity index is 1670. The van der Waals surface area contributed by atoms with Gasteiger partial charge in [-0.2, -0.15) is 4.98 Å².